The Hall–Kier alpha value is -2.15. The molecule has 1 amide bonds. The van der Waals surface area contributed by atoms with Crippen LogP contribution in [0.15, 0.2) is 48.5 Å². The highest BCUT2D eigenvalue weighted by Crippen LogP contribution is 2.19. The average molecular weight is 390 g/mol. The van der Waals surface area contributed by atoms with Crippen LogP contribution in [0.3, 0.4) is 0 Å². The molecule has 0 aliphatic carbocycles. The fourth-order valence-corrected chi connectivity index (χ4v) is 3.06. The van der Waals surface area contributed by atoms with E-state index in [1.54, 1.807) is 12.1 Å². The Balaban J connectivity index is 1.49. The summed E-state index contributed by atoms with van der Waals surface area (Å²) in [5.74, 6) is -0.172. The maximum absolute atomic E-state index is 12.1. The van der Waals surface area contributed by atoms with Gasteiger partial charge in [0.15, 0.2) is 5.11 Å². The molecule has 1 heterocycles. The smallest absolute Gasteiger partial charge is 0.230 e. The Morgan fingerprint density at radius 3 is 2.38 bits per heavy atom. The van der Waals surface area contributed by atoms with Crippen molar-refractivity contribution in [3.8, 4) is 0 Å². The number of nitrogens with zero attached hydrogens (tertiary/aromatic N) is 1. The van der Waals surface area contributed by atoms with Gasteiger partial charge in [0.1, 0.15) is 0 Å². The summed E-state index contributed by atoms with van der Waals surface area (Å²) in [7, 11) is 0. The van der Waals surface area contributed by atoms with Crippen LogP contribution in [0.2, 0.25) is 5.02 Å². The van der Waals surface area contributed by atoms with Crippen molar-refractivity contribution in [1.29, 1.82) is 0 Å². The number of anilines is 2. The summed E-state index contributed by atoms with van der Waals surface area (Å²) in [6.07, 6.45) is 0.245. The Bertz CT molecular complexity index is 759. The van der Waals surface area contributed by atoms with Crippen LogP contribution in [0.5, 0.6) is 0 Å². The molecule has 1 aliphatic heterocycles. The molecular weight excluding hydrogens is 370 g/mol. The molecule has 2 aromatic carbocycles. The van der Waals surface area contributed by atoms with E-state index in [1.165, 1.54) is 0 Å². The number of amides is 1. The van der Waals surface area contributed by atoms with Crippen molar-refractivity contribution in [3.05, 3.63) is 59.1 Å². The van der Waals surface area contributed by atoms with Crippen LogP contribution in [0.4, 0.5) is 11.4 Å². The van der Waals surface area contributed by atoms with Gasteiger partial charge in [-0.25, -0.2) is 0 Å². The fourth-order valence-electron chi connectivity index (χ4n) is 2.70. The van der Waals surface area contributed by atoms with Crippen molar-refractivity contribution in [2.75, 3.05) is 36.5 Å². The van der Waals surface area contributed by atoms with Crippen LogP contribution < -0.4 is 15.5 Å². The molecule has 0 aromatic heterocycles. The van der Waals surface area contributed by atoms with Gasteiger partial charge < -0.3 is 20.3 Å². The normalized spacial score (nSPS) is 14.0. The summed E-state index contributed by atoms with van der Waals surface area (Å²) in [6.45, 7) is 3.30. The first kappa shape index (κ1) is 18.6. The summed E-state index contributed by atoms with van der Waals surface area (Å²) in [6, 6.07) is 15.1. The van der Waals surface area contributed by atoms with Gasteiger partial charge >= 0.3 is 0 Å². The van der Waals surface area contributed by atoms with Crippen molar-refractivity contribution in [2.24, 2.45) is 0 Å². The lowest BCUT2D eigenvalue weighted by molar-refractivity contribution is -0.119. The van der Waals surface area contributed by atoms with Gasteiger partial charge in [-0.1, -0.05) is 23.7 Å². The van der Waals surface area contributed by atoms with Crippen LogP contribution >= 0.6 is 23.8 Å². The average Bonchev–Trinajstić information content (AvgIpc) is 2.65. The third kappa shape index (κ3) is 5.42. The monoisotopic (exact) mass is 389 g/mol. The van der Waals surface area contributed by atoms with E-state index < -0.39 is 0 Å². The first-order chi connectivity index (χ1) is 12.6. The van der Waals surface area contributed by atoms with E-state index in [-0.39, 0.29) is 17.4 Å². The quantitative estimate of drug-likeness (QED) is 0.786. The van der Waals surface area contributed by atoms with Crippen molar-refractivity contribution in [1.82, 2.24) is 5.32 Å². The number of carbonyl (C=O) groups is 1. The standard InChI is InChI=1S/C19H20ClN3O2S/c20-15-3-1-14(2-4-15)13-18(24)22-19(26)21-16-5-7-17(8-6-16)23-9-11-25-12-10-23/h1-8H,9-13H2,(H2,21,22,24,26). The second-order valence-corrected chi connectivity index (χ2v) is 6.80. The lowest BCUT2D eigenvalue weighted by Gasteiger charge is -2.28. The molecule has 3 rings (SSSR count). The maximum Gasteiger partial charge on any atom is 0.230 e. The van der Waals surface area contributed by atoms with Gasteiger partial charge in [-0.15, -0.1) is 0 Å². The minimum atomic E-state index is -0.172. The minimum Gasteiger partial charge on any atom is -0.378 e. The van der Waals surface area contributed by atoms with Crippen molar-refractivity contribution < 1.29 is 9.53 Å². The molecule has 5 nitrogen and oxygen atoms in total. The number of hydrogen-bond donors (Lipinski definition) is 2. The van der Waals surface area contributed by atoms with Gasteiger partial charge in [-0.2, -0.15) is 0 Å². The molecule has 1 aliphatic rings. The van der Waals surface area contributed by atoms with Gasteiger partial charge in [0, 0.05) is 29.5 Å². The van der Waals surface area contributed by atoms with Gasteiger partial charge in [0.25, 0.3) is 0 Å². The minimum absolute atomic E-state index is 0.172. The molecule has 7 heteroatoms. The van der Waals surface area contributed by atoms with E-state index >= 15 is 0 Å². The molecule has 2 N–H and O–H groups in total. The molecule has 2 aromatic rings. The Kier molecular flexibility index (Phi) is 6.44. The topological polar surface area (TPSA) is 53.6 Å². The zero-order valence-corrected chi connectivity index (χ0v) is 15.8. The van der Waals surface area contributed by atoms with Crippen LogP contribution in [0, 0.1) is 0 Å². The van der Waals surface area contributed by atoms with Crippen molar-refractivity contribution >= 4 is 46.2 Å². The number of morpholine rings is 1. The Morgan fingerprint density at radius 2 is 1.73 bits per heavy atom. The molecular formula is C19H20ClN3O2S. The number of thiocarbonyl (C=S) groups is 1. The number of halogens is 1. The summed E-state index contributed by atoms with van der Waals surface area (Å²) in [5.41, 5.74) is 2.86. The summed E-state index contributed by atoms with van der Waals surface area (Å²) < 4.78 is 5.37. The van der Waals surface area contributed by atoms with Crippen molar-refractivity contribution in [3.63, 3.8) is 0 Å². The van der Waals surface area contributed by atoms with Gasteiger partial charge in [0.2, 0.25) is 5.91 Å². The molecule has 0 radical (unpaired) electrons. The molecule has 0 bridgehead atoms. The molecule has 136 valence electrons. The number of rotatable bonds is 4. The Morgan fingerprint density at radius 1 is 1.08 bits per heavy atom. The van der Waals surface area contributed by atoms with Crippen molar-refractivity contribution in [2.45, 2.75) is 6.42 Å². The lowest BCUT2D eigenvalue weighted by atomic mass is 10.1. The molecule has 1 fully saturated rings. The zero-order valence-electron chi connectivity index (χ0n) is 14.2. The SMILES string of the molecule is O=C(Cc1ccc(Cl)cc1)NC(=S)Nc1ccc(N2CCOCC2)cc1. The highest BCUT2D eigenvalue weighted by atomic mass is 35.5. The third-order valence-electron chi connectivity index (χ3n) is 4.03. The molecule has 0 unspecified atom stereocenters. The van der Waals surface area contributed by atoms with E-state index in [1.807, 2.05) is 36.4 Å². The van der Waals surface area contributed by atoms with Crippen LogP contribution in [-0.4, -0.2) is 37.3 Å². The number of hydrogen-bond acceptors (Lipinski definition) is 4. The highest BCUT2D eigenvalue weighted by molar-refractivity contribution is 7.80. The van der Waals surface area contributed by atoms with Gasteiger partial charge in [0.05, 0.1) is 19.6 Å². The number of benzene rings is 2. The summed E-state index contributed by atoms with van der Waals surface area (Å²) in [5, 5.41) is 6.65. The van der Waals surface area contributed by atoms with E-state index in [0.29, 0.717) is 5.02 Å². The van der Waals surface area contributed by atoms with Crippen LogP contribution in [0.1, 0.15) is 5.56 Å². The van der Waals surface area contributed by atoms with Crippen LogP contribution in [0.25, 0.3) is 0 Å². The van der Waals surface area contributed by atoms with E-state index in [2.05, 4.69) is 15.5 Å². The largest absolute Gasteiger partial charge is 0.378 e. The number of ether oxygens (including phenoxy) is 1. The molecule has 1 saturated heterocycles. The highest BCUT2D eigenvalue weighted by Gasteiger charge is 2.11. The fraction of sp³-hybridized carbons (Fsp3) is 0.263. The second-order valence-electron chi connectivity index (χ2n) is 5.95. The zero-order chi connectivity index (χ0) is 18.4. The summed E-state index contributed by atoms with van der Waals surface area (Å²) in [4.78, 5) is 14.3. The molecule has 0 atom stereocenters. The first-order valence-corrected chi connectivity index (χ1v) is 9.17. The first-order valence-electron chi connectivity index (χ1n) is 8.38. The number of carbonyl (C=O) groups excluding carboxylic acids is 1. The molecule has 26 heavy (non-hydrogen) atoms. The Labute approximate surface area is 163 Å². The molecule has 0 spiro atoms. The van der Waals surface area contributed by atoms with E-state index in [9.17, 15) is 4.79 Å². The van der Waals surface area contributed by atoms with E-state index in [0.717, 1.165) is 43.2 Å². The predicted molar refractivity (Wildman–Crippen MR) is 109 cm³/mol. The molecule has 0 saturated carbocycles. The van der Waals surface area contributed by atoms with Gasteiger partial charge in [-0.05, 0) is 54.2 Å². The van der Waals surface area contributed by atoms with Crippen LogP contribution in [-0.2, 0) is 16.0 Å². The third-order valence-corrected chi connectivity index (χ3v) is 4.49. The maximum atomic E-state index is 12.1. The predicted octanol–water partition coefficient (Wildman–Crippen LogP) is 3.23. The van der Waals surface area contributed by atoms with Gasteiger partial charge in [-0.3, -0.25) is 4.79 Å². The lowest BCUT2D eigenvalue weighted by Crippen LogP contribution is -2.36. The second kappa shape index (κ2) is 8.98. The summed E-state index contributed by atoms with van der Waals surface area (Å²) >= 11 is 11.1. The number of nitrogens with one attached hydrogen (secondary N) is 2. The van der Waals surface area contributed by atoms with E-state index in [4.69, 9.17) is 28.6 Å².